The highest BCUT2D eigenvalue weighted by Crippen LogP contribution is 2.45. The van der Waals surface area contributed by atoms with Crippen LogP contribution in [0, 0.1) is 0 Å². The fourth-order valence-corrected chi connectivity index (χ4v) is 5.40. The first-order valence-corrected chi connectivity index (χ1v) is 13.2. The van der Waals surface area contributed by atoms with E-state index in [2.05, 4.69) is 0 Å². The van der Waals surface area contributed by atoms with Crippen molar-refractivity contribution in [3.8, 4) is 0 Å². The van der Waals surface area contributed by atoms with Gasteiger partial charge in [-0.05, 0) is 63.3 Å². The largest absolute Gasteiger partial charge is 0.444 e. The number of hydrogen-bond donors (Lipinski definition) is 0. The molecule has 38 heavy (non-hydrogen) atoms. The summed E-state index contributed by atoms with van der Waals surface area (Å²) < 4.78 is 23.9. The van der Waals surface area contributed by atoms with Crippen molar-refractivity contribution in [1.29, 1.82) is 0 Å². The molecule has 1 saturated heterocycles. The number of fused-ring (bicyclic) bond motifs is 2. The second-order valence-electron chi connectivity index (χ2n) is 11.6. The van der Waals surface area contributed by atoms with Gasteiger partial charge in [0, 0.05) is 43.9 Å². The number of benzene rings is 1. The maximum absolute atomic E-state index is 16.6. The first-order valence-electron chi connectivity index (χ1n) is 13.2. The van der Waals surface area contributed by atoms with E-state index in [1.165, 1.54) is 4.90 Å². The van der Waals surface area contributed by atoms with Gasteiger partial charge in [0.2, 0.25) is 0 Å². The summed E-state index contributed by atoms with van der Waals surface area (Å²) in [6.07, 6.45) is 5.73. The molecule has 3 aliphatic rings. The lowest BCUT2D eigenvalue weighted by Crippen LogP contribution is -2.45. The van der Waals surface area contributed by atoms with E-state index in [1.807, 2.05) is 37.4 Å². The Bertz CT molecular complexity index is 1430. The highest BCUT2D eigenvalue weighted by atomic mass is 19.1. The number of imidazole rings is 1. The predicted octanol–water partition coefficient (Wildman–Crippen LogP) is 5.20. The van der Waals surface area contributed by atoms with E-state index in [9.17, 15) is 14.4 Å². The Morgan fingerprint density at radius 1 is 1.08 bits per heavy atom. The smallest absolute Gasteiger partial charge is 0.410 e. The highest BCUT2D eigenvalue weighted by molar-refractivity contribution is 6.21. The van der Waals surface area contributed by atoms with E-state index in [4.69, 9.17) is 9.72 Å². The molecule has 2 fully saturated rings. The minimum Gasteiger partial charge on any atom is -0.444 e. The minimum atomic E-state index is -1.66. The number of aromatic nitrogens is 2. The fourth-order valence-electron chi connectivity index (χ4n) is 5.40. The molecular weight excluding hydrogens is 487 g/mol. The summed E-state index contributed by atoms with van der Waals surface area (Å²) >= 11 is 0. The molecule has 0 unspecified atom stereocenters. The molecule has 0 radical (unpaired) electrons. The number of amides is 3. The molecule has 9 heteroatoms. The van der Waals surface area contributed by atoms with Gasteiger partial charge in [0.15, 0.2) is 0 Å². The van der Waals surface area contributed by atoms with Crippen LogP contribution in [0.15, 0.2) is 42.7 Å². The first kappa shape index (κ1) is 24.6. The van der Waals surface area contributed by atoms with Crippen molar-refractivity contribution in [3.05, 3.63) is 70.7 Å². The number of ether oxygens (including phenoxy) is 1. The lowest BCUT2D eigenvalue weighted by Gasteiger charge is -2.37. The summed E-state index contributed by atoms with van der Waals surface area (Å²) in [6, 6.07) is 8.69. The molecule has 3 aromatic rings. The fraction of sp³-hybridized carbons (Fsp3) is 0.448. The number of nitrogens with zero attached hydrogens (tertiary/aromatic N) is 4. The third-order valence-corrected chi connectivity index (χ3v) is 7.56. The summed E-state index contributed by atoms with van der Waals surface area (Å²) in [7, 11) is 0. The Kier molecular flexibility index (Phi) is 5.59. The number of carbonyl (C=O) groups is 3. The molecule has 0 spiro atoms. The van der Waals surface area contributed by atoms with Crippen molar-refractivity contribution in [1.82, 2.24) is 19.2 Å². The molecule has 2 aromatic heterocycles. The molecule has 0 bridgehead atoms. The SMILES string of the molecule is CC(C)(C)OC(=O)N1CCC(F)(c2cc(C3CC3)cn3cc(CN4C(=O)c5ccccc5C4=O)nc23)CC1. The van der Waals surface area contributed by atoms with Gasteiger partial charge in [0.25, 0.3) is 11.8 Å². The van der Waals surface area contributed by atoms with Gasteiger partial charge in [-0.25, -0.2) is 14.2 Å². The van der Waals surface area contributed by atoms with Gasteiger partial charge in [0.05, 0.1) is 23.4 Å². The van der Waals surface area contributed by atoms with Gasteiger partial charge < -0.3 is 14.0 Å². The van der Waals surface area contributed by atoms with Crippen molar-refractivity contribution in [2.24, 2.45) is 0 Å². The van der Waals surface area contributed by atoms with Crippen LogP contribution in [0.25, 0.3) is 5.65 Å². The van der Waals surface area contributed by atoms with Gasteiger partial charge in [0.1, 0.15) is 16.9 Å². The molecule has 198 valence electrons. The van der Waals surface area contributed by atoms with Gasteiger partial charge in [-0.15, -0.1) is 0 Å². The van der Waals surface area contributed by atoms with Crippen LogP contribution >= 0.6 is 0 Å². The van der Waals surface area contributed by atoms with Crippen LogP contribution < -0.4 is 0 Å². The van der Waals surface area contributed by atoms with E-state index < -0.39 is 17.4 Å². The number of pyridine rings is 1. The van der Waals surface area contributed by atoms with E-state index >= 15 is 4.39 Å². The molecule has 6 rings (SSSR count). The number of halogens is 1. The maximum Gasteiger partial charge on any atom is 0.410 e. The maximum atomic E-state index is 16.6. The Morgan fingerprint density at radius 3 is 2.29 bits per heavy atom. The predicted molar refractivity (Wildman–Crippen MR) is 138 cm³/mol. The zero-order valence-electron chi connectivity index (χ0n) is 21.9. The Hall–Kier alpha value is -3.75. The van der Waals surface area contributed by atoms with Gasteiger partial charge in [-0.3, -0.25) is 14.5 Å². The lowest BCUT2D eigenvalue weighted by atomic mass is 9.85. The summed E-state index contributed by atoms with van der Waals surface area (Å²) in [5, 5.41) is 0. The highest BCUT2D eigenvalue weighted by Gasteiger charge is 2.42. The molecule has 1 saturated carbocycles. The summed E-state index contributed by atoms with van der Waals surface area (Å²) in [5.41, 5.74) is 1.05. The molecule has 0 atom stereocenters. The number of likely N-dealkylation sites (tertiary alicyclic amines) is 1. The molecule has 1 aromatic carbocycles. The van der Waals surface area contributed by atoms with Crippen molar-refractivity contribution in [2.45, 2.75) is 70.2 Å². The van der Waals surface area contributed by atoms with Crippen LogP contribution in [0.5, 0.6) is 0 Å². The number of alkyl halides is 1. The van der Waals surface area contributed by atoms with Crippen molar-refractivity contribution < 1.29 is 23.5 Å². The monoisotopic (exact) mass is 518 g/mol. The molecule has 4 heterocycles. The molecule has 0 N–H and O–H groups in total. The van der Waals surface area contributed by atoms with Crippen LogP contribution in [-0.2, 0) is 17.0 Å². The van der Waals surface area contributed by atoms with Gasteiger partial charge in [-0.1, -0.05) is 12.1 Å². The van der Waals surface area contributed by atoms with Crippen LogP contribution in [0.1, 0.15) is 89.9 Å². The molecule has 3 amide bonds. The summed E-state index contributed by atoms with van der Waals surface area (Å²) in [5.74, 6) is -0.304. The number of piperidine rings is 1. The average Bonchev–Trinajstić information content (AvgIpc) is 3.60. The minimum absolute atomic E-state index is 0.0118. The normalized spacial score (nSPS) is 19.3. The number of rotatable bonds is 4. The Morgan fingerprint density at radius 2 is 1.71 bits per heavy atom. The standard InChI is InChI=1S/C29H31FN4O4/c1-28(2,3)38-27(37)32-12-10-29(30,11-13-32)23-14-19(18-8-9-18)15-33-16-20(31-24(23)33)17-34-25(35)21-6-4-5-7-22(21)26(34)36/h4-7,14-16,18H,8-13,17H2,1-3H3. The number of imide groups is 1. The Labute approximate surface area is 220 Å². The topological polar surface area (TPSA) is 84.2 Å². The zero-order valence-corrected chi connectivity index (χ0v) is 21.9. The van der Waals surface area contributed by atoms with E-state index in [1.54, 1.807) is 35.4 Å². The quantitative estimate of drug-likeness (QED) is 0.443. The van der Waals surface area contributed by atoms with Crippen LogP contribution in [0.4, 0.5) is 9.18 Å². The summed E-state index contributed by atoms with van der Waals surface area (Å²) in [6.45, 7) is 5.93. The van der Waals surface area contributed by atoms with Crippen molar-refractivity contribution >= 4 is 23.6 Å². The molecular formula is C29H31FN4O4. The lowest BCUT2D eigenvalue weighted by molar-refractivity contribution is 0.00237. The third-order valence-electron chi connectivity index (χ3n) is 7.56. The van der Waals surface area contributed by atoms with Crippen LogP contribution in [0.2, 0.25) is 0 Å². The third kappa shape index (κ3) is 4.33. The molecule has 1 aliphatic carbocycles. The number of carbonyl (C=O) groups excluding carboxylic acids is 3. The van der Waals surface area contributed by atoms with Crippen LogP contribution in [-0.4, -0.2) is 55.8 Å². The second-order valence-corrected chi connectivity index (χ2v) is 11.6. The Balaban J connectivity index is 1.29. The van der Waals surface area contributed by atoms with Gasteiger partial charge >= 0.3 is 6.09 Å². The van der Waals surface area contributed by atoms with E-state index in [0.717, 1.165) is 18.4 Å². The summed E-state index contributed by atoms with van der Waals surface area (Å²) in [4.78, 5) is 45.8. The van der Waals surface area contributed by atoms with E-state index in [-0.39, 0.29) is 44.3 Å². The van der Waals surface area contributed by atoms with E-state index in [0.29, 0.717) is 33.9 Å². The van der Waals surface area contributed by atoms with Crippen molar-refractivity contribution in [2.75, 3.05) is 13.1 Å². The molecule has 2 aliphatic heterocycles. The molecule has 8 nitrogen and oxygen atoms in total. The zero-order chi connectivity index (χ0) is 26.8. The van der Waals surface area contributed by atoms with Crippen LogP contribution in [0.3, 0.4) is 0 Å². The average molecular weight is 519 g/mol. The number of hydrogen-bond acceptors (Lipinski definition) is 5. The second kappa shape index (κ2) is 8.64. The first-order chi connectivity index (χ1) is 18.0. The van der Waals surface area contributed by atoms with Crippen molar-refractivity contribution in [3.63, 3.8) is 0 Å². The van der Waals surface area contributed by atoms with Gasteiger partial charge in [-0.2, -0.15) is 0 Å².